The van der Waals surface area contributed by atoms with Crippen molar-refractivity contribution in [1.82, 2.24) is 19.7 Å². The molecule has 0 saturated heterocycles. The smallest absolute Gasteiger partial charge is 0.337 e. The van der Waals surface area contributed by atoms with Crippen molar-refractivity contribution in [3.8, 4) is 17.3 Å². The molecule has 0 spiro atoms. The number of carbonyl (C=O) groups excluding carboxylic acids is 1. The van der Waals surface area contributed by atoms with Gasteiger partial charge in [0.1, 0.15) is 0 Å². The maximum atomic E-state index is 11.6. The highest BCUT2D eigenvalue weighted by Gasteiger charge is 2.18. The number of anilines is 2. The van der Waals surface area contributed by atoms with Crippen molar-refractivity contribution < 1.29 is 9.53 Å². The molecular weight excluding hydrogens is 368 g/mol. The zero-order valence-corrected chi connectivity index (χ0v) is 16.8. The third kappa shape index (κ3) is 4.76. The summed E-state index contributed by atoms with van der Waals surface area (Å²) < 4.78 is 6.44. The largest absolute Gasteiger partial charge is 0.465 e. The lowest BCUT2D eigenvalue weighted by atomic mass is 9.96. The topological polar surface area (TPSA) is 106 Å². The molecule has 8 nitrogen and oxygen atoms in total. The summed E-state index contributed by atoms with van der Waals surface area (Å²) in [5.74, 6) is 0.0524. The van der Waals surface area contributed by atoms with Gasteiger partial charge in [0.25, 0.3) is 0 Å². The van der Waals surface area contributed by atoms with Crippen LogP contribution in [0, 0.1) is 23.7 Å². The fourth-order valence-electron chi connectivity index (χ4n) is 2.76. The molecule has 0 aliphatic rings. The highest BCUT2D eigenvalue weighted by Crippen LogP contribution is 2.24. The van der Waals surface area contributed by atoms with Crippen LogP contribution in [-0.2, 0) is 11.3 Å². The fourth-order valence-corrected chi connectivity index (χ4v) is 2.76. The third-order valence-electron chi connectivity index (χ3n) is 4.30. The number of aromatic nitrogens is 4. The van der Waals surface area contributed by atoms with Gasteiger partial charge in [-0.25, -0.2) is 14.8 Å². The van der Waals surface area contributed by atoms with Crippen LogP contribution < -0.4 is 5.32 Å². The molecule has 3 aromatic rings. The molecule has 0 radical (unpaired) electrons. The zero-order chi connectivity index (χ0) is 21.0. The lowest BCUT2D eigenvalue weighted by molar-refractivity contribution is 0.0600. The first-order valence-corrected chi connectivity index (χ1v) is 9.04. The molecule has 0 aliphatic heterocycles. The van der Waals surface area contributed by atoms with Crippen LogP contribution in [-0.4, -0.2) is 32.8 Å². The number of hydrogen-bond acceptors (Lipinski definition) is 7. The van der Waals surface area contributed by atoms with Crippen LogP contribution in [0.5, 0.6) is 0 Å². The number of aryl methyl sites for hydroxylation is 1. The van der Waals surface area contributed by atoms with Gasteiger partial charge in [-0.05, 0) is 38.5 Å². The molecule has 2 aromatic heterocycles. The van der Waals surface area contributed by atoms with Crippen molar-refractivity contribution in [1.29, 1.82) is 5.26 Å². The molecule has 0 fully saturated rings. The SMILES string of the molecule is COC(=O)c1ccc(-c2nc(Nc3cnn(CC(C)(C)C#N)c3)ncc2C)cc1. The van der Waals surface area contributed by atoms with Crippen molar-refractivity contribution in [2.75, 3.05) is 12.4 Å². The number of hydrogen-bond donors (Lipinski definition) is 1. The van der Waals surface area contributed by atoms with Gasteiger partial charge in [0.2, 0.25) is 5.95 Å². The monoisotopic (exact) mass is 390 g/mol. The second-order valence-electron chi connectivity index (χ2n) is 7.34. The van der Waals surface area contributed by atoms with Gasteiger partial charge in [-0.3, -0.25) is 4.68 Å². The molecule has 0 amide bonds. The molecule has 0 aliphatic carbocycles. The van der Waals surface area contributed by atoms with E-state index in [4.69, 9.17) is 4.74 Å². The fraction of sp³-hybridized carbons (Fsp3) is 0.286. The number of nitrogens with zero attached hydrogens (tertiary/aromatic N) is 5. The lowest BCUT2D eigenvalue weighted by Gasteiger charge is -2.14. The molecule has 29 heavy (non-hydrogen) atoms. The van der Waals surface area contributed by atoms with Gasteiger partial charge in [-0.2, -0.15) is 10.4 Å². The van der Waals surface area contributed by atoms with Crippen molar-refractivity contribution in [2.45, 2.75) is 27.3 Å². The maximum absolute atomic E-state index is 11.6. The number of ether oxygens (including phenoxy) is 1. The van der Waals surface area contributed by atoms with Crippen LogP contribution in [0.3, 0.4) is 0 Å². The summed E-state index contributed by atoms with van der Waals surface area (Å²) in [6.07, 6.45) is 5.22. The average Bonchev–Trinajstić information content (AvgIpc) is 3.15. The maximum Gasteiger partial charge on any atom is 0.337 e. The van der Waals surface area contributed by atoms with Crippen molar-refractivity contribution in [3.63, 3.8) is 0 Å². The molecule has 1 N–H and O–H groups in total. The second kappa shape index (κ2) is 8.10. The van der Waals surface area contributed by atoms with E-state index in [1.165, 1.54) is 7.11 Å². The molecule has 0 saturated carbocycles. The Morgan fingerprint density at radius 2 is 2.00 bits per heavy atom. The Hall–Kier alpha value is -3.73. The minimum absolute atomic E-state index is 0.380. The van der Waals surface area contributed by atoms with E-state index in [1.54, 1.807) is 29.2 Å². The minimum Gasteiger partial charge on any atom is -0.465 e. The molecule has 2 heterocycles. The normalized spacial score (nSPS) is 11.0. The first-order chi connectivity index (χ1) is 13.8. The van der Waals surface area contributed by atoms with Crippen molar-refractivity contribution in [2.24, 2.45) is 5.41 Å². The summed E-state index contributed by atoms with van der Waals surface area (Å²) in [6, 6.07) is 9.32. The third-order valence-corrected chi connectivity index (χ3v) is 4.30. The van der Waals surface area contributed by atoms with Gasteiger partial charge in [-0.15, -0.1) is 0 Å². The van der Waals surface area contributed by atoms with Gasteiger partial charge < -0.3 is 10.1 Å². The lowest BCUT2D eigenvalue weighted by Crippen LogP contribution is -2.17. The highest BCUT2D eigenvalue weighted by molar-refractivity contribution is 5.89. The second-order valence-corrected chi connectivity index (χ2v) is 7.34. The van der Waals surface area contributed by atoms with Crippen molar-refractivity contribution in [3.05, 3.63) is 54.0 Å². The molecular formula is C21H22N6O2. The first kappa shape index (κ1) is 20.0. The molecule has 0 bridgehead atoms. The number of nitriles is 1. The van der Waals surface area contributed by atoms with E-state index in [9.17, 15) is 10.1 Å². The Labute approximate surface area is 169 Å². The van der Waals surface area contributed by atoms with E-state index in [1.807, 2.05) is 39.1 Å². The quantitative estimate of drug-likeness (QED) is 0.639. The Morgan fingerprint density at radius 1 is 1.28 bits per heavy atom. The van der Waals surface area contributed by atoms with E-state index in [0.717, 1.165) is 22.5 Å². The van der Waals surface area contributed by atoms with E-state index in [2.05, 4.69) is 26.5 Å². The Morgan fingerprint density at radius 3 is 2.66 bits per heavy atom. The van der Waals surface area contributed by atoms with Gasteiger partial charge in [0, 0.05) is 18.0 Å². The average molecular weight is 390 g/mol. The Balaban J connectivity index is 1.80. The zero-order valence-electron chi connectivity index (χ0n) is 16.8. The van der Waals surface area contributed by atoms with Crippen LogP contribution in [0.2, 0.25) is 0 Å². The summed E-state index contributed by atoms with van der Waals surface area (Å²) in [7, 11) is 1.35. The van der Waals surface area contributed by atoms with Crippen LogP contribution >= 0.6 is 0 Å². The number of carbonyl (C=O) groups is 1. The van der Waals surface area contributed by atoms with Crippen LogP contribution in [0.4, 0.5) is 11.6 Å². The molecule has 0 unspecified atom stereocenters. The Kier molecular flexibility index (Phi) is 5.59. The van der Waals surface area contributed by atoms with E-state index in [0.29, 0.717) is 18.1 Å². The number of nitrogens with one attached hydrogen (secondary N) is 1. The molecule has 8 heteroatoms. The standard InChI is InChI=1S/C21H22N6O2/c1-14-9-23-20(25-17-10-24-27(11-17)13-21(2,3)12-22)26-18(14)15-5-7-16(8-6-15)19(28)29-4/h5-11H,13H2,1-4H3,(H,23,25,26). The first-order valence-electron chi connectivity index (χ1n) is 9.04. The molecule has 0 atom stereocenters. The number of rotatable bonds is 6. The molecule has 148 valence electrons. The van der Waals surface area contributed by atoms with E-state index in [-0.39, 0.29) is 5.97 Å². The van der Waals surface area contributed by atoms with Gasteiger partial charge in [0.15, 0.2) is 0 Å². The summed E-state index contributed by atoms with van der Waals surface area (Å²) in [6.45, 7) is 6.14. The molecule has 3 rings (SSSR count). The number of methoxy groups -OCH3 is 1. The summed E-state index contributed by atoms with van der Waals surface area (Å²) in [4.78, 5) is 20.5. The van der Waals surface area contributed by atoms with E-state index < -0.39 is 5.41 Å². The molecule has 1 aromatic carbocycles. The predicted octanol–water partition coefficient (Wildman–Crippen LogP) is 3.73. The van der Waals surface area contributed by atoms with Gasteiger partial charge in [-0.1, -0.05) is 12.1 Å². The summed E-state index contributed by atoms with van der Waals surface area (Å²) >= 11 is 0. The summed E-state index contributed by atoms with van der Waals surface area (Å²) in [5, 5.41) is 16.6. The number of esters is 1. The minimum atomic E-state index is -0.507. The van der Waals surface area contributed by atoms with Crippen molar-refractivity contribution >= 4 is 17.6 Å². The van der Waals surface area contributed by atoms with Crippen LogP contribution in [0.25, 0.3) is 11.3 Å². The van der Waals surface area contributed by atoms with Crippen LogP contribution in [0.1, 0.15) is 29.8 Å². The highest BCUT2D eigenvalue weighted by atomic mass is 16.5. The number of benzene rings is 1. The predicted molar refractivity (Wildman–Crippen MR) is 108 cm³/mol. The Bertz CT molecular complexity index is 1060. The van der Waals surface area contributed by atoms with Crippen LogP contribution in [0.15, 0.2) is 42.9 Å². The van der Waals surface area contributed by atoms with Gasteiger partial charge in [0.05, 0.1) is 48.3 Å². The van der Waals surface area contributed by atoms with E-state index >= 15 is 0 Å². The summed E-state index contributed by atoms with van der Waals surface area (Å²) in [5.41, 5.74) is 3.24. The van der Waals surface area contributed by atoms with Gasteiger partial charge >= 0.3 is 5.97 Å².